The largest absolute Gasteiger partial charge is 0.349 e. The molecule has 1 aromatic rings. The fourth-order valence-electron chi connectivity index (χ4n) is 1.12. The Kier molecular flexibility index (Phi) is 5.97. The molecule has 0 fully saturated rings. The summed E-state index contributed by atoms with van der Waals surface area (Å²) in [6.45, 7) is 0. The second kappa shape index (κ2) is 6.44. The van der Waals surface area contributed by atoms with Gasteiger partial charge in [0.15, 0.2) is 0 Å². The van der Waals surface area contributed by atoms with Gasteiger partial charge in [0.05, 0.1) is 0 Å². The summed E-state index contributed by atoms with van der Waals surface area (Å²) in [5.41, 5.74) is 1.22. The van der Waals surface area contributed by atoms with Crippen LogP contribution in [0.15, 0.2) is 30.3 Å². The van der Waals surface area contributed by atoms with E-state index in [0.717, 1.165) is 6.42 Å². The second-order valence-electron chi connectivity index (χ2n) is 3.27. The van der Waals surface area contributed by atoms with Crippen molar-refractivity contribution >= 4 is 18.3 Å². The minimum Gasteiger partial charge on any atom is -0.349 e. The normalized spacial score (nSPS) is 9.00. The summed E-state index contributed by atoms with van der Waals surface area (Å²) in [5.74, 6) is 0.184. The summed E-state index contributed by atoms with van der Waals surface area (Å²) in [7, 11) is 3.57. The van der Waals surface area contributed by atoms with Gasteiger partial charge in [-0.15, -0.1) is 12.4 Å². The number of amides is 1. The summed E-state index contributed by atoms with van der Waals surface area (Å²) in [4.78, 5) is 12.9. The molecule has 0 N–H and O–H groups in total. The summed E-state index contributed by atoms with van der Waals surface area (Å²) in [6.07, 6.45) is 1.43. The molecule has 0 aliphatic carbocycles. The van der Waals surface area contributed by atoms with Gasteiger partial charge < -0.3 is 4.90 Å². The molecule has 0 aromatic heterocycles. The molecule has 14 heavy (non-hydrogen) atoms. The molecular formula is C11H16ClNO. The average molecular weight is 214 g/mol. The SMILES string of the molecule is CN(C)C(=O)CCc1ccccc1.Cl. The highest BCUT2D eigenvalue weighted by Crippen LogP contribution is 2.03. The number of hydrogen-bond donors (Lipinski definition) is 0. The van der Waals surface area contributed by atoms with E-state index >= 15 is 0 Å². The molecule has 1 rings (SSSR count). The quantitative estimate of drug-likeness (QED) is 0.754. The highest BCUT2D eigenvalue weighted by molar-refractivity contribution is 5.85. The zero-order valence-corrected chi connectivity index (χ0v) is 9.38. The van der Waals surface area contributed by atoms with Crippen LogP contribution in [0.25, 0.3) is 0 Å². The van der Waals surface area contributed by atoms with Gasteiger partial charge in [-0.2, -0.15) is 0 Å². The minimum atomic E-state index is 0. The number of benzene rings is 1. The molecule has 2 nitrogen and oxygen atoms in total. The van der Waals surface area contributed by atoms with Crippen LogP contribution >= 0.6 is 12.4 Å². The van der Waals surface area contributed by atoms with E-state index in [-0.39, 0.29) is 18.3 Å². The van der Waals surface area contributed by atoms with Crippen LogP contribution in [-0.2, 0) is 11.2 Å². The molecule has 0 unspecified atom stereocenters. The lowest BCUT2D eigenvalue weighted by molar-refractivity contribution is -0.128. The Labute approximate surface area is 91.3 Å². The molecule has 0 bridgehead atoms. The van der Waals surface area contributed by atoms with Crippen LogP contribution in [0.2, 0.25) is 0 Å². The van der Waals surface area contributed by atoms with Crippen molar-refractivity contribution in [2.75, 3.05) is 14.1 Å². The summed E-state index contributed by atoms with van der Waals surface area (Å²) >= 11 is 0. The van der Waals surface area contributed by atoms with Crippen molar-refractivity contribution in [1.29, 1.82) is 0 Å². The number of carbonyl (C=O) groups is 1. The number of carbonyl (C=O) groups excluding carboxylic acids is 1. The molecule has 0 saturated heterocycles. The van der Waals surface area contributed by atoms with Crippen molar-refractivity contribution in [3.8, 4) is 0 Å². The van der Waals surface area contributed by atoms with Crippen LogP contribution < -0.4 is 0 Å². The van der Waals surface area contributed by atoms with Crippen LogP contribution in [-0.4, -0.2) is 24.9 Å². The van der Waals surface area contributed by atoms with Gasteiger partial charge in [0, 0.05) is 20.5 Å². The predicted molar refractivity (Wildman–Crippen MR) is 60.7 cm³/mol. The fourth-order valence-corrected chi connectivity index (χ4v) is 1.12. The van der Waals surface area contributed by atoms with E-state index in [2.05, 4.69) is 0 Å². The van der Waals surface area contributed by atoms with Gasteiger partial charge in [0.1, 0.15) is 0 Å². The van der Waals surface area contributed by atoms with Crippen LogP contribution in [0.3, 0.4) is 0 Å². The maximum Gasteiger partial charge on any atom is 0.222 e. The molecule has 0 radical (unpaired) electrons. The van der Waals surface area contributed by atoms with Crippen LogP contribution in [0.5, 0.6) is 0 Å². The first-order valence-corrected chi connectivity index (χ1v) is 4.44. The van der Waals surface area contributed by atoms with Crippen LogP contribution in [0.4, 0.5) is 0 Å². The van der Waals surface area contributed by atoms with E-state index in [0.29, 0.717) is 6.42 Å². The molecule has 3 heteroatoms. The molecule has 1 aromatic carbocycles. The third kappa shape index (κ3) is 4.28. The maximum absolute atomic E-state index is 11.2. The lowest BCUT2D eigenvalue weighted by Crippen LogP contribution is -2.21. The topological polar surface area (TPSA) is 20.3 Å². The first-order valence-electron chi connectivity index (χ1n) is 4.44. The third-order valence-corrected chi connectivity index (χ3v) is 1.97. The Morgan fingerprint density at radius 1 is 1.21 bits per heavy atom. The standard InChI is InChI=1S/C11H15NO.ClH/c1-12(2)11(13)9-8-10-6-4-3-5-7-10;/h3-7H,8-9H2,1-2H3;1H. The van der Waals surface area contributed by atoms with Crippen molar-refractivity contribution in [1.82, 2.24) is 4.90 Å². The Balaban J connectivity index is 0.00000169. The predicted octanol–water partition coefficient (Wildman–Crippen LogP) is 2.13. The van der Waals surface area contributed by atoms with Crippen LogP contribution in [0, 0.1) is 0 Å². The molecule has 0 heterocycles. The number of halogens is 1. The van der Waals surface area contributed by atoms with E-state index < -0.39 is 0 Å². The van der Waals surface area contributed by atoms with Gasteiger partial charge in [-0.25, -0.2) is 0 Å². The molecular weight excluding hydrogens is 198 g/mol. The van der Waals surface area contributed by atoms with Gasteiger partial charge in [0.2, 0.25) is 5.91 Å². The zero-order chi connectivity index (χ0) is 9.68. The second-order valence-corrected chi connectivity index (χ2v) is 3.27. The zero-order valence-electron chi connectivity index (χ0n) is 8.56. The highest BCUT2D eigenvalue weighted by Gasteiger charge is 2.03. The minimum absolute atomic E-state index is 0. The highest BCUT2D eigenvalue weighted by atomic mass is 35.5. The van der Waals surface area contributed by atoms with Crippen molar-refractivity contribution in [2.24, 2.45) is 0 Å². The summed E-state index contributed by atoms with van der Waals surface area (Å²) in [6, 6.07) is 10.1. The molecule has 0 aliphatic heterocycles. The summed E-state index contributed by atoms with van der Waals surface area (Å²) < 4.78 is 0. The van der Waals surface area contributed by atoms with Crippen molar-refractivity contribution < 1.29 is 4.79 Å². The maximum atomic E-state index is 11.2. The van der Waals surface area contributed by atoms with Crippen molar-refractivity contribution in [3.05, 3.63) is 35.9 Å². The van der Waals surface area contributed by atoms with E-state index in [1.807, 2.05) is 30.3 Å². The smallest absolute Gasteiger partial charge is 0.222 e. The van der Waals surface area contributed by atoms with Gasteiger partial charge in [-0.05, 0) is 12.0 Å². The van der Waals surface area contributed by atoms with Gasteiger partial charge in [-0.3, -0.25) is 4.79 Å². The summed E-state index contributed by atoms with van der Waals surface area (Å²) in [5, 5.41) is 0. The Bertz CT molecular complexity index is 272. The number of nitrogens with zero attached hydrogens (tertiary/aromatic N) is 1. The molecule has 78 valence electrons. The molecule has 0 atom stereocenters. The third-order valence-electron chi connectivity index (χ3n) is 1.97. The van der Waals surface area contributed by atoms with E-state index in [1.54, 1.807) is 19.0 Å². The van der Waals surface area contributed by atoms with Crippen LogP contribution in [0.1, 0.15) is 12.0 Å². The fraction of sp³-hybridized carbons (Fsp3) is 0.364. The molecule has 0 aliphatic rings. The first-order chi connectivity index (χ1) is 6.20. The Morgan fingerprint density at radius 3 is 2.29 bits per heavy atom. The van der Waals surface area contributed by atoms with Crippen molar-refractivity contribution in [2.45, 2.75) is 12.8 Å². The van der Waals surface area contributed by atoms with Gasteiger partial charge in [0.25, 0.3) is 0 Å². The Hall–Kier alpha value is -1.02. The molecule has 0 saturated carbocycles. The van der Waals surface area contributed by atoms with E-state index in [9.17, 15) is 4.79 Å². The lowest BCUT2D eigenvalue weighted by Gasteiger charge is -2.09. The molecule has 1 amide bonds. The van der Waals surface area contributed by atoms with Gasteiger partial charge >= 0.3 is 0 Å². The lowest BCUT2D eigenvalue weighted by atomic mass is 10.1. The first kappa shape index (κ1) is 13.0. The van der Waals surface area contributed by atoms with Gasteiger partial charge in [-0.1, -0.05) is 30.3 Å². The monoisotopic (exact) mass is 213 g/mol. The number of hydrogen-bond acceptors (Lipinski definition) is 1. The van der Waals surface area contributed by atoms with E-state index in [1.165, 1.54) is 5.56 Å². The van der Waals surface area contributed by atoms with E-state index in [4.69, 9.17) is 0 Å². The molecule has 0 spiro atoms. The number of aryl methyl sites for hydroxylation is 1. The Morgan fingerprint density at radius 2 is 1.79 bits per heavy atom. The number of rotatable bonds is 3. The van der Waals surface area contributed by atoms with Crippen molar-refractivity contribution in [3.63, 3.8) is 0 Å². The average Bonchev–Trinajstić information content (AvgIpc) is 2.15.